The van der Waals surface area contributed by atoms with Gasteiger partial charge in [-0.1, -0.05) is 170 Å². The van der Waals surface area contributed by atoms with Crippen molar-refractivity contribution in [3.63, 3.8) is 0 Å². The first-order valence-corrected chi connectivity index (χ1v) is 21.3. The maximum absolute atomic E-state index is 2.38. The number of hydrogen-bond donors (Lipinski definition) is 0. The summed E-state index contributed by atoms with van der Waals surface area (Å²) in [6.07, 6.45) is 0. The van der Waals surface area contributed by atoms with Gasteiger partial charge in [-0.3, -0.25) is 0 Å². The lowest BCUT2D eigenvalue weighted by molar-refractivity contribution is 1.18. The molecule has 2 nitrogen and oxygen atoms in total. The van der Waals surface area contributed by atoms with Crippen molar-refractivity contribution in [2.45, 2.75) is 0 Å². The third-order valence-electron chi connectivity index (χ3n) is 12.6. The molecule has 0 N–H and O–H groups in total. The minimum atomic E-state index is 1.09. The Morgan fingerprint density at radius 2 is 0.839 bits per heavy atom. The molecule has 0 unspecified atom stereocenters. The van der Waals surface area contributed by atoms with Crippen molar-refractivity contribution < 1.29 is 0 Å². The van der Waals surface area contributed by atoms with Gasteiger partial charge >= 0.3 is 0 Å². The molecule has 2 heteroatoms. The normalized spacial score (nSPS) is 11.5. The van der Waals surface area contributed by atoms with Crippen molar-refractivity contribution in [1.82, 2.24) is 4.57 Å². The van der Waals surface area contributed by atoms with E-state index in [-0.39, 0.29) is 0 Å². The molecule has 0 bridgehead atoms. The maximum atomic E-state index is 2.38. The Morgan fingerprint density at radius 1 is 0.258 bits per heavy atom. The van der Waals surface area contributed by atoms with Crippen LogP contribution in [0.2, 0.25) is 0 Å². The SMILES string of the molecule is c1ccc(-n2c3ccccc3c3cc(-c4ccc(N(c5ccc(-c6cccc7c6ccc6ccccc67)cc5)c5cccc(-c6ccc7ccccc7c6)c5)cc4)ccc32)cc1. The van der Waals surface area contributed by atoms with Gasteiger partial charge in [-0.2, -0.15) is 0 Å². The van der Waals surface area contributed by atoms with Gasteiger partial charge in [-0.05, 0) is 138 Å². The van der Waals surface area contributed by atoms with Crippen LogP contribution >= 0.6 is 0 Å². The van der Waals surface area contributed by atoms with Gasteiger partial charge in [-0.15, -0.1) is 0 Å². The molecule has 12 aromatic rings. The molecule has 62 heavy (non-hydrogen) atoms. The zero-order valence-corrected chi connectivity index (χ0v) is 34.0. The number of anilines is 3. The van der Waals surface area contributed by atoms with Gasteiger partial charge in [0.25, 0.3) is 0 Å². The van der Waals surface area contributed by atoms with Crippen molar-refractivity contribution in [2.24, 2.45) is 0 Å². The molecular formula is C60H40N2. The van der Waals surface area contributed by atoms with Gasteiger partial charge in [0.1, 0.15) is 0 Å². The standard InChI is InChI=1S/C60H40N2/c1-2-16-49(17-3-1)62-59-23-9-8-20-57(59)58-40-48(31-37-60(58)62)42-26-32-50(33-27-42)61(52-18-10-15-46(39-52)47-25-24-41-12-4-5-14-45(41)38-47)51-34-28-44(29-35-51)54-21-11-22-55-53-19-7-6-13-43(53)30-36-56(54)55/h1-40H. The summed E-state index contributed by atoms with van der Waals surface area (Å²) in [5.41, 5.74) is 14.0. The van der Waals surface area contributed by atoms with Crippen molar-refractivity contribution in [3.05, 3.63) is 243 Å². The van der Waals surface area contributed by atoms with Crippen molar-refractivity contribution in [1.29, 1.82) is 0 Å². The predicted octanol–water partition coefficient (Wildman–Crippen LogP) is 16.7. The van der Waals surface area contributed by atoms with Gasteiger partial charge in [0.15, 0.2) is 0 Å². The second-order valence-electron chi connectivity index (χ2n) is 16.1. The van der Waals surface area contributed by atoms with Crippen LogP contribution in [0, 0.1) is 0 Å². The third-order valence-corrected chi connectivity index (χ3v) is 12.6. The van der Waals surface area contributed by atoms with Gasteiger partial charge in [0.2, 0.25) is 0 Å². The average molecular weight is 789 g/mol. The summed E-state index contributed by atoms with van der Waals surface area (Å²) in [6.45, 7) is 0. The lowest BCUT2D eigenvalue weighted by atomic mass is 9.94. The summed E-state index contributed by atoms with van der Waals surface area (Å²) in [7, 11) is 0. The van der Waals surface area contributed by atoms with Crippen molar-refractivity contribution in [3.8, 4) is 39.1 Å². The van der Waals surface area contributed by atoms with Crippen LogP contribution in [0.1, 0.15) is 0 Å². The van der Waals surface area contributed by atoms with E-state index >= 15 is 0 Å². The van der Waals surface area contributed by atoms with Gasteiger partial charge in [0, 0.05) is 33.5 Å². The Hall–Kier alpha value is -8.20. The lowest BCUT2D eigenvalue weighted by Gasteiger charge is -2.26. The van der Waals surface area contributed by atoms with Crippen LogP contribution in [0.4, 0.5) is 17.1 Å². The highest BCUT2D eigenvalue weighted by Crippen LogP contribution is 2.41. The fourth-order valence-corrected chi connectivity index (χ4v) is 9.53. The number of rotatable bonds is 7. The average Bonchev–Trinajstić information content (AvgIpc) is 3.68. The Kier molecular flexibility index (Phi) is 8.53. The van der Waals surface area contributed by atoms with Crippen LogP contribution in [0.5, 0.6) is 0 Å². The van der Waals surface area contributed by atoms with E-state index in [0.717, 1.165) is 17.1 Å². The van der Waals surface area contributed by atoms with Gasteiger partial charge < -0.3 is 9.47 Å². The van der Waals surface area contributed by atoms with E-state index in [1.54, 1.807) is 0 Å². The van der Waals surface area contributed by atoms with E-state index in [1.165, 1.54) is 93.2 Å². The Morgan fingerprint density at radius 3 is 1.66 bits per heavy atom. The monoisotopic (exact) mass is 788 g/mol. The summed E-state index contributed by atoms with van der Waals surface area (Å²) < 4.78 is 2.37. The van der Waals surface area contributed by atoms with Crippen LogP contribution in [0.15, 0.2) is 243 Å². The topological polar surface area (TPSA) is 8.17 Å². The van der Waals surface area contributed by atoms with Crippen molar-refractivity contribution in [2.75, 3.05) is 4.90 Å². The summed E-state index contributed by atoms with van der Waals surface area (Å²) in [5.74, 6) is 0. The Labute approximate surface area is 360 Å². The highest BCUT2D eigenvalue weighted by Gasteiger charge is 2.17. The molecule has 0 aliphatic carbocycles. The first-order chi connectivity index (χ1) is 30.7. The molecule has 0 aliphatic heterocycles. The summed E-state index contributed by atoms with van der Waals surface area (Å²) in [4.78, 5) is 2.38. The van der Waals surface area contributed by atoms with Crippen LogP contribution in [0.3, 0.4) is 0 Å². The molecular weight excluding hydrogens is 749 g/mol. The molecule has 1 aromatic heterocycles. The van der Waals surface area contributed by atoms with E-state index < -0.39 is 0 Å². The van der Waals surface area contributed by atoms with Crippen LogP contribution in [-0.2, 0) is 0 Å². The number of para-hydroxylation sites is 2. The number of hydrogen-bond acceptors (Lipinski definition) is 1. The molecule has 0 saturated heterocycles. The molecule has 12 rings (SSSR count). The highest BCUT2D eigenvalue weighted by molar-refractivity contribution is 6.12. The summed E-state index contributed by atoms with van der Waals surface area (Å²) in [6, 6.07) is 88.5. The molecule has 0 radical (unpaired) electrons. The first-order valence-electron chi connectivity index (χ1n) is 21.3. The van der Waals surface area contributed by atoms with E-state index in [9.17, 15) is 0 Å². The van der Waals surface area contributed by atoms with Crippen LogP contribution in [0.25, 0.3) is 93.2 Å². The maximum Gasteiger partial charge on any atom is 0.0541 e. The number of benzene rings is 11. The quantitative estimate of drug-likeness (QED) is 0.146. The van der Waals surface area contributed by atoms with Gasteiger partial charge in [0.05, 0.1) is 11.0 Å². The Bertz CT molecular complexity index is 3620. The lowest BCUT2D eigenvalue weighted by Crippen LogP contribution is -2.10. The molecule has 0 amide bonds. The fourth-order valence-electron chi connectivity index (χ4n) is 9.53. The molecule has 1 heterocycles. The molecule has 0 saturated carbocycles. The van der Waals surface area contributed by atoms with Gasteiger partial charge in [-0.25, -0.2) is 0 Å². The third kappa shape index (κ3) is 6.12. The predicted molar refractivity (Wildman–Crippen MR) is 264 cm³/mol. The fraction of sp³-hybridized carbons (Fsp3) is 0. The first kappa shape index (κ1) is 35.7. The second kappa shape index (κ2) is 14.8. The minimum absolute atomic E-state index is 1.09. The second-order valence-corrected chi connectivity index (χ2v) is 16.1. The van der Waals surface area contributed by atoms with Crippen LogP contribution in [-0.4, -0.2) is 4.57 Å². The number of fused-ring (bicyclic) bond motifs is 7. The van der Waals surface area contributed by atoms with E-state index in [2.05, 4.69) is 252 Å². The molecule has 11 aromatic carbocycles. The summed E-state index contributed by atoms with van der Waals surface area (Å²) >= 11 is 0. The smallest absolute Gasteiger partial charge is 0.0541 e. The zero-order chi connectivity index (χ0) is 41.0. The zero-order valence-electron chi connectivity index (χ0n) is 34.0. The molecule has 290 valence electrons. The van der Waals surface area contributed by atoms with Crippen LogP contribution < -0.4 is 4.90 Å². The molecule has 0 aliphatic rings. The Balaban J connectivity index is 0.953. The summed E-state index contributed by atoms with van der Waals surface area (Å²) in [5, 5.41) is 10.1. The highest BCUT2D eigenvalue weighted by atomic mass is 15.1. The number of nitrogens with zero attached hydrogens (tertiary/aromatic N) is 2. The number of aromatic nitrogens is 1. The van der Waals surface area contributed by atoms with E-state index in [0.29, 0.717) is 0 Å². The largest absolute Gasteiger partial charge is 0.310 e. The molecule has 0 spiro atoms. The minimum Gasteiger partial charge on any atom is -0.310 e. The van der Waals surface area contributed by atoms with E-state index in [1.807, 2.05) is 0 Å². The molecule has 0 fully saturated rings. The molecule has 0 atom stereocenters. The van der Waals surface area contributed by atoms with Crippen molar-refractivity contribution >= 4 is 71.2 Å². The van der Waals surface area contributed by atoms with E-state index in [4.69, 9.17) is 0 Å².